The predicted octanol–water partition coefficient (Wildman–Crippen LogP) is 2.65. The molecule has 7 nitrogen and oxygen atoms in total. The number of carbonyl (C=O) groups is 3. The SMILES string of the molecule is CC(C)C[C@@H]1NC(=O)[C@H]2C[C@@H](C(=O)NCc3ccc(F)cc3)[C@@H](c3ccc(O)cc3)N2C1=O. The first kappa shape index (κ1) is 22.8. The largest absolute Gasteiger partial charge is 0.508 e. The minimum atomic E-state index is -0.735. The van der Waals surface area contributed by atoms with E-state index in [1.807, 2.05) is 13.8 Å². The summed E-state index contributed by atoms with van der Waals surface area (Å²) in [6.45, 7) is 4.18. The minimum Gasteiger partial charge on any atom is -0.508 e. The molecule has 2 aromatic rings. The van der Waals surface area contributed by atoms with E-state index < -0.39 is 24.0 Å². The van der Waals surface area contributed by atoms with Gasteiger partial charge in [-0.1, -0.05) is 38.1 Å². The normalized spacial score (nSPS) is 24.5. The number of phenolic OH excluding ortho intramolecular Hbond substituents is 1. The zero-order chi connectivity index (χ0) is 23.7. The van der Waals surface area contributed by atoms with Gasteiger partial charge in [0.1, 0.15) is 23.7 Å². The van der Waals surface area contributed by atoms with Crippen molar-refractivity contribution >= 4 is 17.7 Å². The van der Waals surface area contributed by atoms with Crippen molar-refractivity contribution in [3.05, 3.63) is 65.5 Å². The molecule has 2 aliphatic heterocycles. The molecule has 2 heterocycles. The summed E-state index contributed by atoms with van der Waals surface area (Å²) in [5.74, 6) is -1.45. The van der Waals surface area contributed by atoms with Gasteiger partial charge in [0.15, 0.2) is 0 Å². The van der Waals surface area contributed by atoms with Crippen LogP contribution in [0.4, 0.5) is 4.39 Å². The predicted molar refractivity (Wildman–Crippen MR) is 119 cm³/mol. The molecule has 2 aliphatic rings. The van der Waals surface area contributed by atoms with Crippen molar-refractivity contribution in [1.29, 1.82) is 0 Å². The zero-order valence-electron chi connectivity index (χ0n) is 18.6. The molecule has 3 N–H and O–H groups in total. The van der Waals surface area contributed by atoms with Crippen molar-refractivity contribution in [2.75, 3.05) is 0 Å². The Balaban J connectivity index is 1.62. The number of benzene rings is 2. The third-order valence-corrected chi connectivity index (χ3v) is 6.32. The summed E-state index contributed by atoms with van der Waals surface area (Å²) in [7, 11) is 0. The summed E-state index contributed by atoms with van der Waals surface area (Å²) in [6, 6.07) is 10.2. The maximum absolute atomic E-state index is 13.4. The summed E-state index contributed by atoms with van der Waals surface area (Å²) in [6.07, 6.45) is 0.713. The van der Waals surface area contributed by atoms with E-state index in [0.717, 1.165) is 5.56 Å². The second kappa shape index (κ2) is 9.21. The Morgan fingerprint density at radius 3 is 2.45 bits per heavy atom. The summed E-state index contributed by atoms with van der Waals surface area (Å²) < 4.78 is 13.2. The van der Waals surface area contributed by atoms with Crippen LogP contribution in [0.15, 0.2) is 48.5 Å². The molecule has 2 aromatic carbocycles. The number of rotatable bonds is 6. The number of carbonyl (C=O) groups excluding carboxylic acids is 3. The van der Waals surface area contributed by atoms with Crippen LogP contribution in [0.5, 0.6) is 5.75 Å². The van der Waals surface area contributed by atoms with Crippen LogP contribution in [-0.4, -0.2) is 39.8 Å². The lowest BCUT2D eigenvalue weighted by atomic mass is 9.92. The van der Waals surface area contributed by atoms with E-state index in [0.29, 0.717) is 12.0 Å². The maximum Gasteiger partial charge on any atom is 0.246 e. The van der Waals surface area contributed by atoms with Gasteiger partial charge in [0, 0.05) is 6.54 Å². The van der Waals surface area contributed by atoms with E-state index in [9.17, 15) is 23.9 Å². The van der Waals surface area contributed by atoms with E-state index in [2.05, 4.69) is 10.6 Å². The first-order valence-electron chi connectivity index (χ1n) is 11.2. The summed E-state index contributed by atoms with van der Waals surface area (Å²) >= 11 is 0. The summed E-state index contributed by atoms with van der Waals surface area (Å²) in [5.41, 5.74) is 1.43. The Labute approximate surface area is 192 Å². The zero-order valence-corrected chi connectivity index (χ0v) is 18.6. The average molecular weight is 454 g/mol. The highest BCUT2D eigenvalue weighted by Crippen LogP contribution is 2.43. The second-order valence-electron chi connectivity index (χ2n) is 9.17. The maximum atomic E-state index is 13.4. The van der Waals surface area contributed by atoms with Crippen LogP contribution >= 0.6 is 0 Å². The second-order valence-corrected chi connectivity index (χ2v) is 9.17. The van der Waals surface area contributed by atoms with Crippen molar-refractivity contribution in [3.63, 3.8) is 0 Å². The summed E-state index contributed by atoms with van der Waals surface area (Å²) in [4.78, 5) is 41.1. The molecule has 0 saturated carbocycles. The van der Waals surface area contributed by atoms with Gasteiger partial charge in [-0.05, 0) is 54.2 Å². The molecule has 0 radical (unpaired) electrons. The van der Waals surface area contributed by atoms with Crippen molar-refractivity contribution in [2.24, 2.45) is 11.8 Å². The standard InChI is InChI=1S/C25H28FN3O4/c1-14(2)11-20-25(33)29-21(24(32)28-20)12-19(22(29)16-5-9-18(30)10-6-16)23(31)27-13-15-3-7-17(26)8-4-15/h3-10,14,19-22,30H,11-13H2,1-2H3,(H,27,31)(H,28,32)/t19-,20+,21-,22-/m1/s1. The van der Waals surface area contributed by atoms with Gasteiger partial charge in [-0.2, -0.15) is 0 Å². The van der Waals surface area contributed by atoms with Crippen LogP contribution < -0.4 is 10.6 Å². The third kappa shape index (κ3) is 4.69. The van der Waals surface area contributed by atoms with E-state index in [-0.39, 0.29) is 48.2 Å². The van der Waals surface area contributed by atoms with Gasteiger partial charge < -0.3 is 20.6 Å². The lowest BCUT2D eigenvalue weighted by Crippen LogP contribution is -2.61. The molecule has 33 heavy (non-hydrogen) atoms. The monoisotopic (exact) mass is 453 g/mol. The molecule has 4 rings (SSSR count). The van der Waals surface area contributed by atoms with Crippen molar-refractivity contribution < 1.29 is 23.9 Å². The molecule has 4 atom stereocenters. The molecule has 0 aromatic heterocycles. The molecule has 0 spiro atoms. The molecular formula is C25H28FN3O4. The van der Waals surface area contributed by atoms with Crippen LogP contribution in [0.25, 0.3) is 0 Å². The first-order valence-corrected chi connectivity index (χ1v) is 11.2. The van der Waals surface area contributed by atoms with Gasteiger partial charge in [0.25, 0.3) is 0 Å². The molecule has 0 bridgehead atoms. The number of aromatic hydroxyl groups is 1. The Bertz CT molecular complexity index is 1040. The molecular weight excluding hydrogens is 425 g/mol. The molecule has 0 unspecified atom stereocenters. The topological polar surface area (TPSA) is 98.7 Å². The highest BCUT2D eigenvalue weighted by Gasteiger charge is 2.54. The van der Waals surface area contributed by atoms with Crippen molar-refractivity contribution in [2.45, 2.75) is 51.4 Å². The molecule has 8 heteroatoms. The highest BCUT2D eigenvalue weighted by atomic mass is 19.1. The van der Waals surface area contributed by atoms with Gasteiger partial charge in [-0.3, -0.25) is 14.4 Å². The number of hydrogen-bond acceptors (Lipinski definition) is 4. The van der Waals surface area contributed by atoms with Crippen LogP contribution in [0.1, 0.15) is 43.9 Å². The van der Waals surface area contributed by atoms with E-state index >= 15 is 0 Å². The number of fused-ring (bicyclic) bond motifs is 1. The Kier molecular flexibility index (Phi) is 6.35. The van der Waals surface area contributed by atoms with Gasteiger partial charge >= 0.3 is 0 Å². The molecule has 3 amide bonds. The van der Waals surface area contributed by atoms with E-state index in [4.69, 9.17) is 0 Å². The Morgan fingerprint density at radius 1 is 1.15 bits per heavy atom. The Morgan fingerprint density at radius 2 is 1.82 bits per heavy atom. The van der Waals surface area contributed by atoms with Crippen LogP contribution in [0.2, 0.25) is 0 Å². The van der Waals surface area contributed by atoms with Crippen molar-refractivity contribution in [1.82, 2.24) is 15.5 Å². The smallest absolute Gasteiger partial charge is 0.246 e. The minimum absolute atomic E-state index is 0.0750. The summed E-state index contributed by atoms with van der Waals surface area (Å²) in [5, 5.41) is 15.4. The molecule has 0 aliphatic carbocycles. The van der Waals surface area contributed by atoms with E-state index in [1.165, 1.54) is 24.3 Å². The molecule has 2 saturated heterocycles. The fraction of sp³-hybridized carbons (Fsp3) is 0.400. The lowest BCUT2D eigenvalue weighted by molar-refractivity contribution is -0.150. The van der Waals surface area contributed by atoms with Crippen molar-refractivity contribution in [3.8, 4) is 5.75 Å². The number of nitrogens with zero attached hydrogens (tertiary/aromatic N) is 1. The quantitative estimate of drug-likeness (QED) is 0.626. The van der Waals surface area contributed by atoms with Gasteiger partial charge in [-0.15, -0.1) is 0 Å². The highest BCUT2D eigenvalue weighted by molar-refractivity contribution is 5.99. The first-order chi connectivity index (χ1) is 15.7. The number of halogens is 1. The number of piperazine rings is 1. The fourth-order valence-corrected chi connectivity index (χ4v) is 4.77. The molecule has 174 valence electrons. The third-order valence-electron chi connectivity index (χ3n) is 6.32. The lowest BCUT2D eigenvalue weighted by Gasteiger charge is -2.39. The number of hydrogen-bond donors (Lipinski definition) is 3. The fourth-order valence-electron chi connectivity index (χ4n) is 4.77. The Hall–Kier alpha value is -3.42. The number of amides is 3. The number of phenols is 1. The van der Waals surface area contributed by atoms with E-state index in [1.54, 1.807) is 29.2 Å². The average Bonchev–Trinajstić information content (AvgIpc) is 3.18. The van der Waals surface area contributed by atoms with Crippen LogP contribution in [-0.2, 0) is 20.9 Å². The number of nitrogens with one attached hydrogen (secondary N) is 2. The molecule has 2 fully saturated rings. The van der Waals surface area contributed by atoms with Crippen LogP contribution in [0, 0.1) is 17.7 Å². The van der Waals surface area contributed by atoms with Gasteiger partial charge in [0.2, 0.25) is 17.7 Å². The van der Waals surface area contributed by atoms with Crippen LogP contribution in [0.3, 0.4) is 0 Å². The van der Waals surface area contributed by atoms with Gasteiger partial charge in [0.05, 0.1) is 12.0 Å². The van der Waals surface area contributed by atoms with Gasteiger partial charge in [-0.25, -0.2) is 4.39 Å².